The minimum Gasteiger partial charge on any atom is -0.294 e. The number of halogens is 4. The van der Waals surface area contributed by atoms with Gasteiger partial charge in [0.15, 0.2) is 11.6 Å². The summed E-state index contributed by atoms with van der Waals surface area (Å²) >= 11 is 1.14. The number of rotatable bonds is 7. The molecule has 0 heterocycles. The minimum atomic E-state index is -4.75. The van der Waals surface area contributed by atoms with Gasteiger partial charge in [0.2, 0.25) is 0 Å². The molecule has 1 N–H and O–H groups in total. The van der Waals surface area contributed by atoms with Crippen LogP contribution >= 0.6 is 11.8 Å². The van der Waals surface area contributed by atoms with Crippen molar-refractivity contribution in [1.29, 1.82) is 0 Å². The summed E-state index contributed by atoms with van der Waals surface area (Å²) in [7, 11) is 0. The van der Waals surface area contributed by atoms with Gasteiger partial charge >= 0.3 is 6.18 Å². The Kier molecular flexibility index (Phi) is 7.65. The van der Waals surface area contributed by atoms with Crippen LogP contribution in [0.15, 0.2) is 34.4 Å². The first-order valence-corrected chi connectivity index (χ1v) is 9.76. The molecule has 1 aromatic rings. The summed E-state index contributed by atoms with van der Waals surface area (Å²) in [6.45, 7) is 3.75. The Labute approximate surface area is 164 Å². The van der Waals surface area contributed by atoms with E-state index in [1.165, 1.54) is 6.07 Å². The van der Waals surface area contributed by atoms with Gasteiger partial charge in [-0.3, -0.25) is 19.9 Å². The highest BCUT2D eigenvalue weighted by Crippen LogP contribution is 2.35. The summed E-state index contributed by atoms with van der Waals surface area (Å²) in [5.41, 5.74) is 1.78. The maximum absolute atomic E-state index is 13.3. The lowest BCUT2D eigenvalue weighted by Gasteiger charge is -2.23. The second-order valence-corrected chi connectivity index (χ2v) is 7.60. The lowest BCUT2D eigenvalue weighted by atomic mass is 9.82. The predicted octanol–water partition coefficient (Wildman–Crippen LogP) is 4.69. The number of carbonyl (C=O) groups is 2. The first-order chi connectivity index (χ1) is 13.1. The van der Waals surface area contributed by atoms with Gasteiger partial charge in [0.25, 0.3) is 0 Å². The Morgan fingerprint density at radius 3 is 2.46 bits per heavy atom. The van der Waals surface area contributed by atoms with E-state index >= 15 is 0 Å². The fraction of sp³-hybridized carbons (Fsp3) is 0.474. The second-order valence-electron chi connectivity index (χ2n) is 6.43. The quantitative estimate of drug-likeness (QED) is 0.228. The van der Waals surface area contributed by atoms with Crippen molar-refractivity contribution < 1.29 is 32.0 Å². The monoisotopic (exact) mass is 419 g/mol. The zero-order valence-corrected chi connectivity index (χ0v) is 16.3. The lowest BCUT2D eigenvalue weighted by molar-refractivity contribution is -0.140. The number of nitrogens with one attached hydrogen (secondary N) is 1. The van der Waals surface area contributed by atoms with Crippen LogP contribution in [0.2, 0.25) is 0 Å². The molecule has 0 atom stereocenters. The summed E-state index contributed by atoms with van der Waals surface area (Å²) in [5.74, 6) is -1.59. The van der Waals surface area contributed by atoms with Crippen LogP contribution in [-0.2, 0) is 20.6 Å². The molecule has 0 aromatic heterocycles. The zero-order chi connectivity index (χ0) is 20.9. The van der Waals surface area contributed by atoms with E-state index in [1.54, 1.807) is 13.8 Å². The molecule has 0 saturated heterocycles. The SMILES string of the molecule is CCONC(C)=C1C(=O)CC(CCSc2ccc(F)c(C(F)(F)F)c2)CC1=O. The number of thioether (sulfide) groups is 1. The lowest BCUT2D eigenvalue weighted by Crippen LogP contribution is -2.30. The molecule has 2 rings (SSSR count). The van der Waals surface area contributed by atoms with Crippen LogP contribution in [0.5, 0.6) is 0 Å². The average Bonchev–Trinajstić information content (AvgIpc) is 2.59. The van der Waals surface area contributed by atoms with E-state index in [4.69, 9.17) is 4.84 Å². The average molecular weight is 419 g/mol. The predicted molar refractivity (Wildman–Crippen MR) is 96.9 cm³/mol. The molecular formula is C19H21F4NO3S. The molecule has 9 heteroatoms. The Morgan fingerprint density at radius 2 is 1.89 bits per heavy atom. The maximum Gasteiger partial charge on any atom is 0.419 e. The molecule has 0 spiro atoms. The summed E-state index contributed by atoms with van der Waals surface area (Å²) < 4.78 is 51.6. The van der Waals surface area contributed by atoms with E-state index in [9.17, 15) is 27.2 Å². The summed E-state index contributed by atoms with van der Waals surface area (Å²) in [4.78, 5) is 29.9. The Balaban J connectivity index is 1.93. The molecule has 0 amide bonds. The highest BCUT2D eigenvalue weighted by atomic mass is 32.2. The number of alkyl halides is 3. The van der Waals surface area contributed by atoms with Gasteiger partial charge in [-0.05, 0) is 50.1 Å². The molecule has 1 aliphatic carbocycles. The van der Waals surface area contributed by atoms with Gasteiger partial charge in [-0.15, -0.1) is 11.8 Å². The fourth-order valence-electron chi connectivity index (χ4n) is 2.96. The van der Waals surface area contributed by atoms with Crippen molar-refractivity contribution in [2.45, 2.75) is 44.2 Å². The Hall–Kier alpha value is -1.87. The Morgan fingerprint density at radius 1 is 1.25 bits per heavy atom. The maximum atomic E-state index is 13.3. The number of hydroxylamine groups is 1. The molecule has 1 saturated carbocycles. The van der Waals surface area contributed by atoms with Crippen LogP contribution in [0.1, 0.15) is 38.7 Å². The molecule has 1 fully saturated rings. The minimum absolute atomic E-state index is 0.116. The fourth-order valence-corrected chi connectivity index (χ4v) is 4.02. The largest absolute Gasteiger partial charge is 0.419 e. The van der Waals surface area contributed by atoms with Crippen molar-refractivity contribution in [3.05, 3.63) is 40.8 Å². The third-order valence-electron chi connectivity index (χ3n) is 4.29. The van der Waals surface area contributed by atoms with Gasteiger partial charge in [0.05, 0.1) is 17.7 Å². The number of allylic oxidation sites excluding steroid dienone is 2. The number of hydrogen-bond acceptors (Lipinski definition) is 5. The topological polar surface area (TPSA) is 55.4 Å². The van der Waals surface area contributed by atoms with Crippen LogP contribution in [0.4, 0.5) is 17.6 Å². The molecule has 1 aliphatic rings. The van der Waals surface area contributed by atoms with E-state index in [2.05, 4.69) is 5.48 Å². The third-order valence-corrected chi connectivity index (χ3v) is 5.32. The second kappa shape index (κ2) is 9.56. The van der Waals surface area contributed by atoms with Gasteiger partial charge < -0.3 is 0 Å². The summed E-state index contributed by atoms with van der Waals surface area (Å²) in [6, 6.07) is 2.86. The first-order valence-electron chi connectivity index (χ1n) is 8.78. The van der Waals surface area contributed by atoms with Gasteiger partial charge in [0, 0.05) is 23.4 Å². The first kappa shape index (κ1) is 22.4. The molecule has 0 unspecified atom stereocenters. The molecule has 0 aliphatic heterocycles. The number of carbonyl (C=O) groups excluding carboxylic acids is 2. The molecule has 28 heavy (non-hydrogen) atoms. The molecule has 4 nitrogen and oxygen atoms in total. The molecule has 154 valence electrons. The number of benzene rings is 1. The van der Waals surface area contributed by atoms with Crippen molar-refractivity contribution in [2.24, 2.45) is 5.92 Å². The number of hydrogen-bond donors (Lipinski definition) is 1. The highest BCUT2D eigenvalue weighted by Gasteiger charge is 2.34. The van der Waals surface area contributed by atoms with E-state index in [0.717, 1.165) is 23.9 Å². The van der Waals surface area contributed by atoms with E-state index in [1.807, 2.05) is 0 Å². The van der Waals surface area contributed by atoms with Gasteiger partial charge in [-0.1, -0.05) is 0 Å². The van der Waals surface area contributed by atoms with E-state index < -0.39 is 17.6 Å². The molecule has 0 bridgehead atoms. The standard InChI is InChI=1S/C19H21F4NO3S/c1-3-27-24-11(2)18-16(25)8-12(9-17(18)26)6-7-28-13-4-5-15(20)14(10-13)19(21,22)23/h4-5,10,12,24H,3,6-9H2,1-2H3. The van der Waals surface area contributed by atoms with Crippen molar-refractivity contribution in [2.75, 3.05) is 12.4 Å². The van der Waals surface area contributed by atoms with Gasteiger partial charge in [-0.2, -0.15) is 13.2 Å². The van der Waals surface area contributed by atoms with E-state index in [-0.39, 0.29) is 35.9 Å². The molecule has 1 aromatic carbocycles. The van der Waals surface area contributed by atoms with Crippen molar-refractivity contribution >= 4 is 23.3 Å². The van der Waals surface area contributed by atoms with Crippen LogP contribution in [0, 0.1) is 11.7 Å². The van der Waals surface area contributed by atoms with Crippen LogP contribution in [-0.4, -0.2) is 23.9 Å². The zero-order valence-electron chi connectivity index (χ0n) is 15.5. The van der Waals surface area contributed by atoms with Crippen LogP contribution < -0.4 is 5.48 Å². The summed E-state index contributed by atoms with van der Waals surface area (Å²) in [6.07, 6.45) is -3.86. The van der Waals surface area contributed by atoms with Crippen molar-refractivity contribution in [1.82, 2.24) is 5.48 Å². The van der Waals surface area contributed by atoms with Gasteiger partial charge in [0.1, 0.15) is 5.82 Å². The highest BCUT2D eigenvalue weighted by molar-refractivity contribution is 7.99. The van der Waals surface area contributed by atoms with Gasteiger partial charge in [-0.25, -0.2) is 4.39 Å². The smallest absolute Gasteiger partial charge is 0.294 e. The summed E-state index contributed by atoms with van der Waals surface area (Å²) in [5, 5.41) is 0. The van der Waals surface area contributed by atoms with Crippen LogP contribution in [0.3, 0.4) is 0 Å². The van der Waals surface area contributed by atoms with E-state index in [0.29, 0.717) is 29.4 Å². The van der Waals surface area contributed by atoms with Crippen molar-refractivity contribution in [3.63, 3.8) is 0 Å². The Bertz CT molecular complexity index is 757. The third kappa shape index (κ3) is 5.81. The normalized spacial score (nSPS) is 17.8. The van der Waals surface area contributed by atoms with Crippen molar-refractivity contribution in [3.8, 4) is 0 Å². The number of Topliss-reactive ketones (excluding diaryl/α,β-unsaturated/α-hetero) is 2. The molecular weight excluding hydrogens is 398 g/mol. The molecule has 0 radical (unpaired) electrons. The van der Waals surface area contributed by atoms with Crippen LogP contribution in [0.25, 0.3) is 0 Å². The number of ketones is 2.